The van der Waals surface area contributed by atoms with Gasteiger partial charge in [-0.3, -0.25) is 0 Å². The maximum absolute atomic E-state index is 11.1. The Morgan fingerprint density at radius 3 is 2.59 bits per heavy atom. The van der Waals surface area contributed by atoms with Crippen molar-refractivity contribution in [1.29, 1.82) is 0 Å². The van der Waals surface area contributed by atoms with E-state index in [4.69, 9.17) is 14.6 Å². The lowest BCUT2D eigenvalue weighted by atomic mass is 10.3. The van der Waals surface area contributed by atoms with E-state index in [1.54, 1.807) is 0 Å². The highest BCUT2D eigenvalue weighted by Gasteiger charge is 2.15. The van der Waals surface area contributed by atoms with Gasteiger partial charge in [-0.15, -0.1) is 11.3 Å². The number of aromatic nitrogens is 1. The molecule has 2 aromatic rings. The summed E-state index contributed by atoms with van der Waals surface area (Å²) in [5.74, 6) is 0.596. The summed E-state index contributed by atoms with van der Waals surface area (Å²) in [6, 6.07) is 7.46. The van der Waals surface area contributed by atoms with Gasteiger partial charge in [0.05, 0.1) is 23.9 Å². The molecule has 0 bridgehead atoms. The molecule has 0 aliphatic rings. The molecule has 0 radical (unpaired) electrons. The minimum absolute atomic E-state index is 0.329. The molecule has 1 heterocycles. The van der Waals surface area contributed by atoms with Crippen LogP contribution in [0.3, 0.4) is 0 Å². The number of nitrogens with zero attached hydrogens (tertiary/aromatic N) is 1. The highest BCUT2D eigenvalue weighted by atomic mass is 32.1. The van der Waals surface area contributed by atoms with Crippen molar-refractivity contribution in [3.8, 4) is 11.5 Å². The Labute approximate surface area is 133 Å². The highest BCUT2D eigenvalue weighted by Crippen LogP contribution is 2.22. The molecule has 0 amide bonds. The summed E-state index contributed by atoms with van der Waals surface area (Å²) in [6.45, 7) is 4.90. The van der Waals surface area contributed by atoms with Crippen molar-refractivity contribution in [1.82, 2.24) is 4.98 Å². The van der Waals surface area contributed by atoms with Crippen LogP contribution in [0.15, 0.2) is 24.3 Å². The van der Waals surface area contributed by atoms with Gasteiger partial charge in [0.2, 0.25) is 0 Å². The van der Waals surface area contributed by atoms with Crippen LogP contribution >= 0.6 is 11.3 Å². The standard InChI is InChI=1S/C16H19NO4S/c1-3-13-15(16(18)19)22-14(17-13)8-9-21-12-7-5-6-11(10-12)20-4-2/h5-7,10H,3-4,8-9H2,1-2H3,(H,18,19). The summed E-state index contributed by atoms with van der Waals surface area (Å²) in [5, 5.41) is 9.91. The van der Waals surface area contributed by atoms with Crippen molar-refractivity contribution in [3.05, 3.63) is 39.8 Å². The molecule has 0 saturated heterocycles. The summed E-state index contributed by atoms with van der Waals surface area (Å²) in [7, 11) is 0. The molecule has 2 rings (SSSR count). The van der Waals surface area contributed by atoms with Crippen molar-refractivity contribution < 1.29 is 19.4 Å². The molecule has 6 heteroatoms. The smallest absolute Gasteiger partial charge is 0.347 e. The Bertz CT molecular complexity index is 639. The largest absolute Gasteiger partial charge is 0.494 e. The molecule has 0 aliphatic carbocycles. The first-order valence-corrected chi connectivity index (χ1v) is 8.03. The monoisotopic (exact) mass is 321 g/mol. The molecule has 0 spiro atoms. The Morgan fingerprint density at radius 1 is 1.27 bits per heavy atom. The molecule has 1 aromatic heterocycles. The first kappa shape index (κ1) is 16.3. The molecule has 0 fully saturated rings. The van der Waals surface area contributed by atoms with E-state index in [9.17, 15) is 4.79 Å². The Kier molecular flexibility index (Phi) is 5.77. The normalized spacial score (nSPS) is 10.5. The number of hydrogen-bond donors (Lipinski definition) is 1. The molecular weight excluding hydrogens is 302 g/mol. The zero-order chi connectivity index (χ0) is 15.9. The second-order valence-electron chi connectivity index (χ2n) is 4.55. The molecular formula is C16H19NO4S. The van der Waals surface area contributed by atoms with E-state index in [-0.39, 0.29) is 0 Å². The lowest BCUT2D eigenvalue weighted by Crippen LogP contribution is -2.01. The molecule has 0 saturated carbocycles. The first-order valence-electron chi connectivity index (χ1n) is 7.21. The van der Waals surface area contributed by atoms with Gasteiger partial charge in [-0.2, -0.15) is 0 Å². The minimum Gasteiger partial charge on any atom is -0.494 e. The average molecular weight is 321 g/mol. The molecule has 1 N–H and O–H groups in total. The summed E-state index contributed by atoms with van der Waals surface area (Å²) in [4.78, 5) is 15.8. The number of rotatable bonds is 8. The van der Waals surface area contributed by atoms with Crippen LogP contribution in [-0.2, 0) is 12.8 Å². The fourth-order valence-corrected chi connectivity index (χ4v) is 2.96. The fraction of sp³-hybridized carbons (Fsp3) is 0.375. The van der Waals surface area contributed by atoms with Gasteiger partial charge in [0.25, 0.3) is 0 Å². The van der Waals surface area contributed by atoms with Crippen molar-refractivity contribution in [3.63, 3.8) is 0 Å². The molecule has 118 valence electrons. The van der Waals surface area contributed by atoms with E-state index in [1.807, 2.05) is 38.1 Å². The van der Waals surface area contributed by atoms with Gasteiger partial charge in [0.1, 0.15) is 16.4 Å². The minimum atomic E-state index is -0.911. The number of thiazole rings is 1. The van der Waals surface area contributed by atoms with Crippen molar-refractivity contribution in [2.75, 3.05) is 13.2 Å². The Morgan fingerprint density at radius 2 is 2.00 bits per heavy atom. The number of benzene rings is 1. The number of carbonyl (C=O) groups is 1. The van der Waals surface area contributed by atoms with Crippen LogP contribution in [0.25, 0.3) is 0 Å². The van der Waals surface area contributed by atoms with Crippen LogP contribution in [0.1, 0.15) is 34.2 Å². The molecule has 0 unspecified atom stereocenters. The van der Waals surface area contributed by atoms with Gasteiger partial charge in [0, 0.05) is 12.5 Å². The van der Waals surface area contributed by atoms with Crippen LogP contribution in [0.5, 0.6) is 11.5 Å². The van der Waals surface area contributed by atoms with Crippen LogP contribution in [0.2, 0.25) is 0 Å². The number of carboxylic acid groups (broad SMARTS) is 1. The van der Waals surface area contributed by atoms with Crippen LogP contribution < -0.4 is 9.47 Å². The van der Waals surface area contributed by atoms with Gasteiger partial charge in [-0.05, 0) is 25.5 Å². The van der Waals surface area contributed by atoms with Crippen LogP contribution in [0.4, 0.5) is 0 Å². The van der Waals surface area contributed by atoms with Crippen molar-refractivity contribution >= 4 is 17.3 Å². The van der Waals surface area contributed by atoms with Gasteiger partial charge < -0.3 is 14.6 Å². The average Bonchev–Trinajstić information content (AvgIpc) is 2.92. The zero-order valence-corrected chi connectivity index (χ0v) is 13.5. The maximum atomic E-state index is 11.1. The third-order valence-corrected chi connectivity index (χ3v) is 4.12. The Balaban J connectivity index is 1.93. The SMILES string of the molecule is CCOc1cccc(OCCc2nc(CC)c(C(=O)O)s2)c1. The summed E-state index contributed by atoms with van der Waals surface area (Å²) in [5.41, 5.74) is 0.644. The summed E-state index contributed by atoms with van der Waals surface area (Å²) in [6.07, 6.45) is 1.21. The number of carboxylic acids is 1. The third-order valence-electron chi connectivity index (χ3n) is 2.97. The maximum Gasteiger partial charge on any atom is 0.347 e. The topological polar surface area (TPSA) is 68.7 Å². The van der Waals surface area contributed by atoms with Gasteiger partial charge >= 0.3 is 5.97 Å². The van der Waals surface area contributed by atoms with E-state index in [2.05, 4.69) is 4.98 Å². The molecule has 5 nitrogen and oxygen atoms in total. The molecule has 1 aromatic carbocycles. The summed E-state index contributed by atoms with van der Waals surface area (Å²) < 4.78 is 11.1. The Hall–Kier alpha value is -2.08. The van der Waals surface area contributed by atoms with E-state index in [0.29, 0.717) is 36.6 Å². The highest BCUT2D eigenvalue weighted by molar-refractivity contribution is 7.13. The van der Waals surface area contributed by atoms with Crippen LogP contribution in [-0.4, -0.2) is 29.3 Å². The second-order valence-corrected chi connectivity index (χ2v) is 5.63. The lowest BCUT2D eigenvalue weighted by molar-refractivity contribution is 0.0701. The van der Waals surface area contributed by atoms with E-state index in [1.165, 1.54) is 11.3 Å². The van der Waals surface area contributed by atoms with E-state index in [0.717, 1.165) is 16.5 Å². The predicted molar refractivity (Wildman–Crippen MR) is 85.3 cm³/mol. The lowest BCUT2D eigenvalue weighted by Gasteiger charge is -2.07. The predicted octanol–water partition coefficient (Wildman–Crippen LogP) is 3.42. The number of aromatic carboxylic acids is 1. The number of ether oxygens (including phenoxy) is 2. The first-order chi connectivity index (χ1) is 10.6. The zero-order valence-electron chi connectivity index (χ0n) is 12.7. The van der Waals surface area contributed by atoms with Crippen LogP contribution in [0, 0.1) is 0 Å². The van der Waals surface area contributed by atoms with E-state index < -0.39 is 5.97 Å². The van der Waals surface area contributed by atoms with Crippen molar-refractivity contribution in [2.45, 2.75) is 26.7 Å². The molecule has 0 aliphatic heterocycles. The number of hydrogen-bond acceptors (Lipinski definition) is 5. The fourth-order valence-electron chi connectivity index (χ4n) is 1.99. The summed E-state index contributed by atoms with van der Waals surface area (Å²) >= 11 is 1.22. The quantitative estimate of drug-likeness (QED) is 0.807. The number of aryl methyl sites for hydroxylation is 1. The molecule has 0 atom stereocenters. The van der Waals surface area contributed by atoms with Gasteiger partial charge in [0.15, 0.2) is 0 Å². The second kappa shape index (κ2) is 7.79. The third kappa shape index (κ3) is 4.21. The van der Waals surface area contributed by atoms with Gasteiger partial charge in [-0.25, -0.2) is 9.78 Å². The van der Waals surface area contributed by atoms with Gasteiger partial charge in [-0.1, -0.05) is 13.0 Å². The van der Waals surface area contributed by atoms with Crippen molar-refractivity contribution in [2.24, 2.45) is 0 Å². The van der Waals surface area contributed by atoms with E-state index >= 15 is 0 Å². The molecule has 22 heavy (non-hydrogen) atoms.